The van der Waals surface area contributed by atoms with Gasteiger partial charge in [0.1, 0.15) is 0 Å². The number of benzene rings is 2. The second-order valence-electron chi connectivity index (χ2n) is 8.37. The molecule has 0 aliphatic carbocycles. The third-order valence-electron chi connectivity index (χ3n) is 5.62. The van der Waals surface area contributed by atoms with E-state index in [0.29, 0.717) is 36.4 Å². The molecule has 7 nitrogen and oxygen atoms in total. The first-order valence-corrected chi connectivity index (χ1v) is 13.0. The van der Waals surface area contributed by atoms with Crippen LogP contribution < -0.4 is 0 Å². The Hall–Kier alpha value is -2.67. The van der Waals surface area contributed by atoms with Crippen molar-refractivity contribution in [2.24, 2.45) is 0 Å². The van der Waals surface area contributed by atoms with Gasteiger partial charge < -0.3 is 4.90 Å². The number of nitriles is 1. The highest BCUT2D eigenvalue weighted by molar-refractivity contribution is 8.00. The number of piperidine rings is 1. The highest BCUT2D eigenvalue weighted by Crippen LogP contribution is 2.36. The highest BCUT2D eigenvalue weighted by Gasteiger charge is 2.34. The number of rotatable bonds is 5. The Balaban J connectivity index is 1.91. The Bertz CT molecular complexity index is 1190. The van der Waals surface area contributed by atoms with Crippen molar-refractivity contribution in [1.29, 1.82) is 16.1 Å². The van der Waals surface area contributed by atoms with Crippen molar-refractivity contribution < 1.29 is 8.42 Å². The molecule has 1 fully saturated rings. The van der Waals surface area contributed by atoms with Crippen molar-refractivity contribution in [2.45, 2.75) is 61.3 Å². The van der Waals surface area contributed by atoms with Gasteiger partial charge in [0.15, 0.2) is 0 Å². The van der Waals surface area contributed by atoms with E-state index in [4.69, 9.17) is 10.8 Å². The zero-order valence-electron chi connectivity index (χ0n) is 19.3. The summed E-state index contributed by atoms with van der Waals surface area (Å²) in [5, 5.41) is 25.3. The minimum atomic E-state index is -3.82. The molecule has 1 heterocycles. The Kier molecular flexibility index (Phi) is 7.62. The fourth-order valence-corrected chi connectivity index (χ4v) is 7.31. The van der Waals surface area contributed by atoms with Gasteiger partial charge in [-0.1, -0.05) is 17.8 Å². The lowest BCUT2D eigenvalue weighted by Gasteiger charge is -2.38. The molecule has 174 valence electrons. The minimum absolute atomic E-state index is 0.0685. The number of hydrogen-bond acceptors (Lipinski definition) is 6. The average molecular weight is 484 g/mol. The zero-order chi connectivity index (χ0) is 24.3. The van der Waals surface area contributed by atoms with Gasteiger partial charge in [0.2, 0.25) is 10.0 Å². The molecule has 0 aromatic heterocycles. The molecule has 0 atom stereocenters. The van der Waals surface area contributed by atoms with Gasteiger partial charge in [0, 0.05) is 28.9 Å². The van der Waals surface area contributed by atoms with Crippen LogP contribution in [0.2, 0.25) is 0 Å². The van der Waals surface area contributed by atoms with Crippen LogP contribution in [0.4, 0.5) is 0 Å². The quantitative estimate of drug-likeness (QED) is 0.470. The van der Waals surface area contributed by atoms with Crippen LogP contribution in [0.25, 0.3) is 0 Å². The molecule has 0 saturated carbocycles. The second kappa shape index (κ2) is 10.1. The molecule has 9 heteroatoms. The summed E-state index contributed by atoms with van der Waals surface area (Å²) in [5.74, 6) is 0.579. The molecule has 33 heavy (non-hydrogen) atoms. The lowest BCUT2D eigenvalue weighted by atomic mass is 10.0. The monoisotopic (exact) mass is 483 g/mol. The number of aryl methyl sites for hydroxylation is 2. The van der Waals surface area contributed by atoms with Crippen molar-refractivity contribution in [3.05, 3.63) is 53.1 Å². The van der Waals surface area contributed by atoms with Gasteiger partial charge in [0.05, 0.1) is 28.2 Å². The van der Waals surface area contributed by atoms with Gasteiger partial charge >= 0.3 is 0 Å². The molecule has 1 aliphatic heterocycles. The van der Waals surface area contributed by atoms with Crippen LogP contribution in [-0.4, -0.2) is 48.4 Å². The molecule has 2 aromatic rings. The minimum Gasteiger partial charge on any atom is -0.316 e. The normalized spacial score (nSPS) is 15.1. The third kappa shape index (κ3) is 5.64. The van der Waals surface area contributed by atoms with Crippen LogP contribution in [0.5, 0.6) is 0 Å². The van der Waals surface area contributed by atoms with Gasteiger partial charge in [-0.25, -0.2) is 8.42 Å². The van der Waals surface area contributed by atoms with E-state index in [1.54, 1.807) is 30.9 Å². The van der Waals surface area contributed by atoms with Gasteiger partial charge in [-0.3, -0.25) is 10.8 Å². The van der Waals surface area contributed by atoms with Crippen LogP contribution in [0.3, 0.4) is 0 Å². The molecule has 2 N–H and O–H groups in total. The van der Waals surface area contributed by atoms with Gasteiger partial charge in [-0.05, 0) is 82.0 Å². The fraction of sp³-hybridized carbons (Fsp3) is 0.375. The summed E-state index contributed by atoms with van der Waals surface area (Å²) in [5.41, 5.74) is 2.51. The first-order chi connectivity index (χ1) is 15.5. The topological polar surface area (TPSA) is 112 Å². The molecule has 0 bridgehead atoms. The zero-order valence-corrected chi connectivity index (χ0v) is 21.0. The van der Waals surface area contributed by atoms with Crippen LogP contribution in [0.15, 0.2) is 51.1 Å². The maximum Gasteiger partial charge on any atom is 0.244 e. The lowest BCUT2D eigenvalue weighted by molar-refractivity contribution is 0.255. The molecule has 2 aromatic carbocycles. The number of amidine groups is 2. The van der Waals surface area contributed by atoms with E-state index >= 15 is 0 Å². The van der Waals surface area contributed by atoms with Crippen molar-refractivity contribution in [3.8, 4) is 6.07 Å². The first kappa shape index (κ1) is 25.0. The second-order valence-corrected chi connectivity index (χ2v) is 11.4. The SMILES string of the molecule is CC(=N)N(C(C)=N)C1CCN(S(=O)(=O)c2cc(C#N)ccc2Sc2cc(C)cc(C)c2)CC1. The Morgan fingerprint density at radius 1 is 1.06 bits per heavy atom. The van der Waals surface area contributed by atoms with E-state index in [1.807, 2.05) is 26.0 Å². The molecule has 0 unspecified atom stereocenters. The summed E-state index contributed by atoms with van der Waals surface area (Å²) >= 11 is 1.39. The maximum atomic E-state index is 13.6. The van der Waals surface area contributed by atoms with Gasteiger partial charge in [-0.15, -0.1) is 0 Å². The predicted octanol–water partition coefficient (Wildman–Crippen LogP) is 4.78. The maximum absolute atomic E-state index is 13.6. The molecular weight excluding hydrogens is 454 g/mol. The molecule has 1 aliphatic rings. The van der Waals surface area contributed by atoms with Crippen LogP contribution >= 0.6 is 11.8 Å². The van der Waals surface area contributed by atoms with Gasteiger partial charge in [0.25, 0.3) is 0 Å². The molecule has 0 radical (unpaired) electrons. The number of nitrogens with one attached hydrogen (secondary N) is 2. The lowest BCUT2D eigenvalue weighted by Crippen LogP contribution is -2.49. The summed E-state index contributed by atoms with van der Waals surface area (Å²) in [6.07, 6.45) is 1.06. The molecule has 0 spiro atoms. The van der Waals surface area contributed by atoms with E-state index in [-0.39, 0.29) is 22.6 Å². The van der Waals surface area contributed by atoms with Crippen LogP contribution in [0, 0.1) is 36.0 Å². The average Bonchev–Trinajstić information content (AvgIpc) is 2.73. The van der Waals surface area contributed by atoms with E-state index in [1.165, 1.54) is 22.1 Å². The number of hydrogen-bond donors (Lipinski definition) is 2. The van der Waals surface area contributed by atoms with E-state index < -0.39 is 10.0 Å². The standard InChI is InChI=1S/C24H29N5O2S2/c1-16-11-17(2)13-22(12-16)32-23-6-5-20(15-25)14-24(23)33(30,31)28-9-7-21(8-10-28)29(18(3)26)19(4)27/h5-6,11-14,21,26-27H,7-10H2,1-4H3. The van der Waals surface area contributed by atoms with Crippen molar-refractivity contribution in [1.82, 2.24) is 9.21 Å². The summed E-state index contributed by atoms with van der Waals surface area (Å²) < 4.78 is 28.8. The van der Waals surface area contributed by atoms with Crippen molar-refractivity contribution >= 4 is 33.5 Å². The largest absolute Gasteiger partial charge is 0.316 e. The smallest absolute Gasteiger partial charge is 0.244 e. The van der Waals surface area contributed by atoms with E-state index in [0.717, 1.165) is 16.0 Å². The van der Waals surface area contributed by atoms with Crippen LogP contribution in [-0.2, 0) is 10.0 Å². The Morgan fingerprint density at radius 2 is 1.64 bits per heavy atom. The summed E-state index contributed by atoms with van der Waals surface area (Å²) in [6.45, 7) is 7.90. The number of sulfonamides is 1. The van der Waals surface area contributed by atoms with Crippen LogP contribution in [0.1, 0.15) is 43.4 Å². The highest BCUT2D eigenvalue weighted by atomic mass is 32.2. The predicted molar refractivity (Wildman–Crippen MR) is 132 cm³/mol. The third-order valence-corrected chi connectivity index (χ3v) is 8.74. The first-order valence-electron chi connectivity index (χ1n) is 10.7. The summed E-state index contributed by atoms with van der Waals surface area (Å²) in [6, 6.07) is 12.9. The molecule has 1 saturated heterocycles. The van der Waals surface area contributed by atoms with E-state index in [2.05, 4.69) is 12.1 Å². The molecule has 0 amide bonds. The Labute approximate surface area is 200 Å². The summed E-state index contributed by atoms with van der Waals surface area (Å²) in [7, 11) is -3.82. The number of nitrogens with zero attached hydrogens (tertiary/aromatic N) is 3. The fourth-order valence-electron chi connectivity index (χ4n) is 4.26. The van der Waals surface area contributed by atoms with E-state index in [9.17, 15) is 13.7 Å². The molecular formula is C24H29N5O2S2. The van der Waals surface area contributed by atoms with Crippen molar-refractivity contribution in [2.75, 3.05) is 13.1 Å². The molecule has 3 rings (SSSR count). The summed E-state index contributed by atoms with van der Waals surface area (Å²) in [4.78, 5) is 3.34. The van der Waals surface area contributed by atoms with Crippen molar-refractivity contribution in [3.63, 3.8) is 0 Å². The van der Waals surface area contributed by atoms with Gasteiger partial charge in [-0.2, -0.15) is 9.57 Å². The Morgan fingerprint density at radius 3 is 2.15 bits per heavy atom.